The lowest BCUT2D eigenvalue weighted by Crippen LogP contribution is -2.69. The van der Waals surface area contributed by atoms with Gasteiger partial charge in [-0.1, -0.05) is 36.4 Å². The monoisotopic (exact) mass is 483 g/mol. The van der Waals surface area contributed by atoms with Crippen LogP contribution in [-0.4, -0.2) is 43.1 Å². The third kappa shape index (κ3) is 5.41. The van der Waals surface area contributed by atoms with Crippen LogP contribution in [0.1, 0.15) is 37.8 Å². The zero-order valence-electron chi connectivity index (χ0n) is 18.8. The van der Waals surface area contributed by atoms with Gasteiger partial charge in [0.05, 0.1) is 15.2 Å². The maximum Gasteiger partial charge on any atom is 0.416 e. The highest BCUT2D eigenvalue weighted by molar-refractivity contribution is 7.92. The van der Waals surface area contributed by atoms with E-state index in [1.54, 1.807) is 18.7 Å². The van der Waals surface area contributed by atoms with E-state index in [-0.39, 0.29) is 16.7 Å². The fraction of sp³-hybridized carbons (Fsp3) is 0.458. The average Bonchev–Trinajstić information content (AvgIpc) is 2.78. The zero-order chi connectivity index (χ0) is 24.4. The van der Waals surface area contributed by atoms with Gasteiger partial charge in [-0.05, 0) is 56.4 Å². The van der Waals surface area contributed by atoms with Crippen molar-refractivity contribution in [1.29, 1.82) is 0 Å². The number of nitrogens with zero attached hydrogens (tertiary/aromatic N) is 1. The average molecular weight is 484 g/mol. The Balaban J connectivity index is 1.68. The second kappa shape index (κ2) is 9.46. The van der Waals surface area contributed by atoms with Crippen molar-refractivity contribution in [2.75, 3.05) is 13.1 Å². The number of alkyl halides is 3. The number of rotatable bonds is 6. The second-order valence-corrected chi connectivity index (χ2v) is 11.6. The topological polar surface area (TPSA) is 82.1 Å². The number of quaternary nitrogens is 1. The van der Waals surface area contributed by atoms with Crippen LogP contribution in [0.3, 0.4) is 0 Å². The van der Waals surface area contributed by atoms with Crippen molar-refractivity contribution in [3.63, 3.8) is 0 Å². The first kappa shape index (κ1) is 25.2. The van der Waals surface area contributed by atoms with Crippen LogP contribution in [0, 0.1) is 5.92 Å². The van der Waals surface area contributed by atoms with Gasteiger partial charge in [-0.15, -0.1) is 0 Å². The van der Waals surface area contributed by atoms with E-state index in [1.807, 2.05) is 30.3 Å². The van der Waals surface area contributed by atoms with E-state index in [1.165, 1.54) is 6.07 Å². The largest absolute Gasteiger partial charge is 0.416 e. The quantitative estimate of drug-likeness (QED) is 0.684. The van der Waals surface area contributed by atoms with E-state index >= 15 is 0 Å². The Labute approximate surface area is 192 Å². The van der Waals surface area contributed by atoms with Crippen molar-refractivity contribution in [1.82, 2.24) is 4.90 Å². The summed E-state index contributed by atoms with van der Waals surface area (Å²) in [5, 5.41) is 0. The Hall–Kier alpha value is -2.39. The molecule has 3 rings (SSSR count). The molecular formula is C24H30F3N2O3S+. The first-order valence-electron chi connectivity index (χ1n) is 10.9. The summed E-state index contributed by atoms with van der Waals surface area (Å²) in [7, 11) is -4.03. The second-order valence-electron chi connectivity index (χ2n) is 9.12. The molecule has 3 N–H and O–H groups in total. The Morgan fingerprint density at radius 2 is 1.67 bits per heavy atom. The molecule has 2 aromatic carbocycles. The summed E-state index contributed by atoms with van der Waals surface area (Å²) in [4.78, 5) is 14.2. The number of likely N-dealkylation sites (tertiary alicyclic amines) is 1. The van der Waals surface area contributed by atoms with Crippen LogP contribution in [0.25, 0.3) is 0 Å². The molecule has 0 bridgehead atoms. The Bertz CT molecular complexity index is 1080. The molecule has 1 saturated heterocycles. The number of sulfone groups is 1. The summed E-state index contributed by atoms with van der Waals surface area (Å²) in [6, 6.07) is 13.1. The lowest BCUT2D eigenvalue weighted by atomic mass is 9.85. The van der Waals surface area contributed by atoms with Gasteiger partial charge >= 0.3 is 6.18 Å². The number of amides is 1. The third-order valence-electron chi connectivity index (χ3n) is 6.63. The minimum atomic E-state index is -4.62. The molecule has 0 spiro atoms. The minimum absolute atomic E-state index is 0.0733. The predicted molar refractivity (Wildman–Crippen MR) is 119 cm³/mol. The lowest BCUT2D eigenvalue weighted by molar-refractivity contribution is -0.405. The van der Waals surface area contributed by atoms with E-state index in [9.17, 15) is 26.4 Å². The van der Waals surface area contributed by atoms with Gasteiger partial charge in [0.2, 0.25) is 0 Å². The summed E-state index contributed by atoms with van der Waals surface area (Å²) in [5.74, 6) is -0.366. The minimum Gasteiger partial charge on any atom is -0.347 e. The van der Waals surface area contributed by atoms with Crippen LogP contribution in [-0.2, 0) is 27.2 Å². The van der Waals surface area contributed by atoms with Crippen LogP contribution in [0.4, 0.5) is 13.2 Å². The van der Waals surface area contributed by atoms with Crippen molar-refractivity contribution >= 4 is 15.7 Å². The van der Waals surface area contributed by atoms with Gasteiger partial charge in [-0.25, -0.2) is 8.42 Å². The van der Waals surface area contributed by atoms with Gasteiger partial charge in [0.15, 0.2) is 15.9 Å². The smallest absolute Gasteiger partial charge is 0.347 e. The van der Waals surface area contributed by atoms with E-state index in [0.29, 0.717) is 38.4 Å². The molecule has 0 unspecified atom stereocenters. The maximum absolute atomic E-state index is 13.3. The van der Waals surface area contributed by atoms with Crippen molar-refractivity contribution in [3.8, 4) is 0 Å². The summed E-state index contributed by atoms with van der Waals surface area (Å²) in [6.07, 6.45) is -3.19. The molecule has 0 radical (unpaired) electrons. The molecule has 1 aliphatic rings. The standard InChI is InChI=1S/C24H29F3N2O3S/c1-23(2,33(31,32)20-10-6-9-19(16-20)24(25,26)27)18-11-13-29(14-12-18)22(30)21(28)15-17-7-4-3-5-8-17/h3-10,16,18,21H,11-15,28H2,1-2H3/p+1/t21-/m0/s1. The highest BCUT2D eigenvalue weighted by Crippen LogP contribution is 2.39. The van der Waals surface area contributed by atoms with Crippen molar-refractivity contribution in [2.24, 2.45) is 5.92 Å². The molecule has 1 amide bonds. The van der Waals surface area contributed by atoms with Gasteiger partial charge in [0, 0.05) is 19.5 Å². The van der Waals surface area contributed by atoms with Gasteiger partial charge in [0.25, 0.3) is 5.91 Å². The molecule has 1 heterocycles. The maximum atomic E-state index is 13.3. The van der Waals surface area contributed by atoms with Crippen LogP contribution in [0.5, 0.6) is 0 Å². The molecule has 0 aromatic heterocycles. The first-order chi connectivity index (χ1) is 15.3. The number of benzene rings is 2. The SMILES string of the molecule is CC(C)(C1CCN(C(=O)[C@@H]([NH3+])Cc2ccccc2)CC1)S(=O)(=O)c1cccc(C(F)(F)F)c1. The molecular weight excluding hydrogens is 453 g/mol. The predicted octanol–water partition coefficient (Wildman–Crippen LogP) is 3.35. The van der Waals surface area contributed by atoms with E-state index in [2.05, 4.69) is 5.73 Å². The number of halogens is 3. The molecule has 9 heteroatoms. The fourth-order valence-corrected chi connectivity index (χ4v) is 6.22. The zero-order valence-corrected chi connectivity index (χ0v) is 19.6. The van der Waals surface area contributed by atoms with E-state index in [4.69, 9.17) is 0 Å². The van der Waals surface area contributed by atoms with Crippen LogP contribution >= 0.6 is 0 Å². The van der Waals surface area contributed by atoms with Gasteiger partial charge < -0.3 is 10.6 Å². The molecule has 2 aromatic rings. The molecule has 1 fully saturated rings. The van der Waals surface area contributed by atoms with Gasteiger partial charge in [-0.3, -0.25) is 4.79 Å². The fourth-order valence-electron chi connectivity index (χ4n) is 4.40. The van der Waals surface area contributed by atoms with Crippen LogP contribution in [0.2, 0.25) is 0 Å². The molecule has 33 heavy (non-hydrogen) atoms. The number of hydrogen-bond donors (Lipinski definition) is 1. The molecule has 0 aliphatic carbocycles. The Morgan fingerprint density at radius 3 is 2.24 bits per heavy atom. The van der Waals surface area contributed by atoms with Crippen molar-refractivity contribution < 1.29 is 32.1 Å². The van der Waals surface area contributed by atoms with Gasteiger partial charge in [0.1, 0.15) is 0 Å². The van der Waals surface area contributed by atoms with Gasteiger partial charge in [-0.2, -0.15) is 13.2 Å². The number of carbonyl (C=O) groups excluding carboxylic acids is 1. The summed E-state index contributed by atoms with van der Waals surface area (Å²) in [6.45, 7) is 3.91. The number of piperidine rings is 1. The molecule has 0 saturated carbocycles. The van der Waals surface area contributed by atoms with Crippen molar-refractivity contribution in [3.05, 3.63) is 65.7 Å². The Kier molecular flexibility index (Phi) is 7.24. The highest BCUT2D eigenvalue weighted by Gasteiger charge is 2.45. The van der Waals surface area contributed by atoms with E-state index in [0.717, 1.165) is 17.7 Å². The number of carbonyl (C=O) groups is 1. The van der Waals surface area contributed by atoms with Crippen molar-refractivity contribution in [2.45, 2.75) is 55.0 Å². The first-order valence-corrected chi connectivity index (χ1v) is 12.4. The number of hydrogen-bond acceptors (Lipinski definition) is 3. The molecule has 180 valence electrons. The van der Waals surface area contributed by atoms with E-state index < -0.39 is 32.4 Å². The molecule has 5 nitrogen and oxygen atoms in total. The normalized spacial score (nSPS) is 17.1. The molecule has 1 atom stereocenters. The summed E-state index contributed by atoms with van der Waals surface area (Å²) >= 11 is 0. The summed E-state index contributed by atoms with van der Waals surface area (Å²) in [5.41, 5.74) is 4.04. The lowest BCUT2D eigenvalue weighted by Gasteiger charge is -2.40. The third-order valence-corrected chi connectivity index (χ3v) is 9.22. The molecule has 1 aliphatic heterocycles. The van der Waals surface area contributed by atoms with Crippen LogP contribution in [0.15, 0.2) is 59.5 Å². The Morgan fingerprint density at radius 1 is 1.06 bits per heavy atom. The van der Waals surface area contributed by atoms with Crippen LogP contribution < -0.4 is 5.73 Å². The highest BCUT2D eigenvalue weighted by atomic mass is 32.2. The summed E-state index contributed by atoms with van der Waals surface area (Å²) < 4.78 is 64.6.